The van der Waals surface area contributed by atoms with Gasteiger partial charge in [0, 0.05) is 15.7 Å². The van der Waals surface area contributed by atoms with Crippen molar-refractivity contribution in [2.75, 3.05) is 20.3 Å². The molecule has 20 heavy (non-hydrogen) atoms. The number of benzene rings is 1. The number of rotatable bonds is 6. The number of thioether (sulfide) groups is 1. The number of methoxy groups -OCH3 is 1. The van der Waals surface area contributed by atoms with Gasteiger partial charge in [-0.05, 0) is 44.0 Å². The second-order valence-corrected chi connectivity index (χ2v) is 6.86. The Bertz CT molecular complexity index is 423. The number of nitrogens with one attached hydrogen (secondary N) is 1. The van der Waals surface area contributed by atoms with Crippen molar-refractivity contribution in [2.45, 2.75) is 48.3 Å². The maximum absolute atomic E-state index is 9.75. The quantitative estimate of drug-likeness (QED) is 0.846. The zero-order chi connectivity index (χ0) is 14.4. The van der Waals surface area contributed by atoms with Gasteiger partial charge in [0.05, 0.1) is 13.7 Å². The third-order valence-electron chi connectivity index (χ3n) is 4.00. The van der Waals surface area contributed by atoms with Crippen LogP contribution in [0.15, 0.2) is 29.2 Å². The number of aliphatic hydroxyl groups is 1. The topological polar surface area (TPSA) is 41.5 Å². The summed E-state index contributed by atoms with van der Waals surface area (Å²) in [4.78, 5) is 1.25. The highest BCUT2D eigenvalue weighted by Gasteiger charge is 2.35. The summed E-state index contributed by atoms with van der Waals surface area (Å²) in [5, 5.41) is 13.8. The van der Waals surface area contributed by atoms with E-state index in [2.05, 4.69) is 24.4 Å². The number of hydrogen-bond donors (Lipinski definition) is 2. The van der Waals surface area contributed by atoms with Crippen LogP contribution in [-0.2, 0) is 0 Å². The lowest BCUT2D eigenvalue weighted by Crippen LogP contribution is -2.52. The van der Waals surface area contributed by atoms with Crippen molar-refractivity contribution in [1.29, 1.82) is 0 Å². The predicted octanol–water partition coefficient (Wildman–Crippen LogP) is 3.07. The van der Waals surface area contributed by atoms with Crippen molar-refractivity contribution in [3.63, 3.8) is 0 Å². The average Bonchev–Trinajstić information content (AvgIpc) is 2.48. The molecule has 1 saturated carbocycles. The summed E-state index contributed by atoms with van der Waals surface area (Å²) in [6, 6.07) is 8.23. The van der Waals surface area contributed by atoms with Gasteiger partial charge in [-0.1, -0.05) is 19.4 Å². The fourth-order valence-corrected chi connectivity index (χ4v) is 4.42. The molecule has 2 unspecified atom stereocenters. The van der Waals surface area contributed by atoms with Crippen LogP contribution >= 0.6 is 11.8 Å². The fourth-order valence-electron chi connectivity index (χ4n) is 3.01. The van der Waals surface area contributed by atoms with E-state index in [-0.39, 0.29) is 12.1 Å². The summed E-state index contributed by atoms with van der Waals surface area (Å²) < 4.78 is 5.28. The minimum Gasteiger partial charge on any atom is -0.497 e. The molecule has 2 atom stereocenters. The molecule has 3 nitrogen and oxygen atoms in total. The molecule has 112 valence electrons. The van der Waals surface area contributed by atoms with Crippen molar-refractivity contribution in [3.8, 4) is 5.75 Å². The normalized spacial score (nSPS) is 26.4. The van der Waals surface area contributed by atoms with Crippen molar-refractivity contribution >= 4 is 11.8 Å². The van der Waals surface area contributed by atoms with Crippen LogP contribution in [0.25, 0.3) is 0 Å². The summed E-state index contributed by atoms with van der Waals surface area (Å²) in [7, 11) is 1.70. The van der Waals surface area contributed by atoms with Gasteiger partial charge in [0.15, 0.2) is 0 Å². The number of aliphatic hydroxyl groups excluding tert-OH is 1. The van der Waals surface area contributed by atoms with Crippen molar-refractivity contribution in [1.82, 2.24) is 5.32 Å². The van der Waals surface area contributed by atoms with E-state index in [9.17, 15) is 5.11 Å². The van der Waals surface area contributed by atoms with Crippen LogP contribution in [0.4, 0.5) is 0 Å². The molecule has 0 heterocycles. The first-order chi connectivity index (χ1) is 9.71. The maximum Gasteiger partial charge on any atom is 0.119 e. The highest BCUT2D eigenvalue weighted by atomic mass is 32.2. The molecule has 1 fully saturated rings. The lowest BCUT2D eigenvalue weighted by atomic mass is 9.82. The summed E-state index contributed by atoms with van der Waals surface area (Å²) in [5.74, 6) is 0.908. The van der Waals surface area contributed by atoms with Gasteiger partial charge in [0.25, 0.3) is 0 Å². The molecule has 0 bridgehead atoms. The highest BCUT2D eigenvalue weighted by molar-refractivity contribution is 8.00. The first-order valence-electron chi connectivity index (χ1n) is 7.38. The van der Waals surface area contributed by atoms with Gasteiger partial charge in [-0.3, -0.25) is 0 Å². The van der Waals surface area contributed by atoms with E-state index in [1.807, 2.05) is 23.9 Å². The zero-order valence-electron chi connectivity index (χ0n) is 12.4. The minimum atomic E-state index is -0.0798. The number of hydrogen-bond acceptors (Lipinski definition) is 4. The zero-order valence-corrected chi connectivity index (χ0v) is 13.2. The van der Waals surface area contributed by atoms with Crippen LogP contribution in [0, 0.1) is 0 Å². The second-order valence-electron chi connectivity index (χ2n) is 5.48. The van der Waals surface area contributed by atoms with Crippen LogP contribution in [-0.4, -0.2) is 36.2 Å². The van der Waals surface area contributed by atoms with E-state index in [0.717, 1.165) is 25.1 Å². The van der Waals surface area contributed by atoms with E-state index >= 15 is 0 Å². The molecule has 2 rings (SSSR count). The van der Waals surface area contributed by atoms with E-state index in [0.29, 0.717) is 5.25 Å². The molecule has 1 aliphatic carbocycles. The highest BCUT2D eigenvalue weighted by Crippen LogP contribution is 2.38. The van der Waals surface area contributed by atoms with Crippen LogP contribution in [0.1, 0.15) is 32.6 Å². The van der Waals surface area contributed by atoms with Gasteiger partial charge in [-0.15, -0.1) is 11.8 Å². The third-order valence-corrected chi connectivity index (χ3v) is 5.26. The monoisotopic (exact) mass is 295 g/mol. The van der Waals surface area contributed by atoms with Crippen molar-refractivity contribution < 1.29 is 9.84 Å². The first-order valence-corrected chi connectivity index (χ1v) is 8.26. The van der Waals surface area contributed by atoms with E-state index in [4.69, 9.17) is 4.74 Å². The van der Waals surface area contributed by atoms with Crippen LogP contribution in [0.2, 0.25) is 0 Å². The molecule has 2 N–H and O–H groups in total. The molecule has 0 aliphatic heterocycles. The van der Waals surface area contributed by atoms with Crippen molar-refractivity contribution in [3.05, 3.63) is 24.3 Å². The largest absolute Gasteiger partial charge is 0.497 e. The Labute approximate surface area is 126 Å². The standard InChI is InChI=1S/C16H25NO2S/c1-3-17-16(12-18)9-5-8-15(11-16)20-14-7-4-6-13(10-14)19-2/h4,6-7,10,15,17-18H,3,5,8-9,11-12H2,1-2H3. The molecule has 0 saturated heterocycles. The Morgan fingerprint density at radius 2 is 2.35 bits per heavy atom. The summed E-state index contributed by atoms with van der Waals surface area (Å²) in [5.41, 5.74) is -0.0798. The number of likely N-dealkylation sites (N-methyl/N-ethyl adjacent to an activating group) is 1. The maximum atomic E-state index is 9.75. The molecular formula is C16H25NO2S. The molecule has 0 aromatic heterocycles. The minimum absolute atomic E-state index is 0.0798. The first kappa shape index (κ1) is 15.7. The summed E-state index contributed by atoms with van der Waals surface area (Å²) in [6.45, 7) is 3.25. The molecule has 1 aliphatic rings. The van der Waals surface area contributed by atoms with Crippen LogP contribution in [0.3, 0.4) is 0 Å². The van der Waals surface area contributed by atoms with E-state index in [1.54, 1.807) is 7.11 Å². The van der Waals surface area contributed by atoms with Gasteiger partial charge in [-0.25, -0.2) is 0 Å². The summed E-state index contributed by atoms with van der Waals surface area (Å²) >= 11 is 1.91. The Hall–Kier alpha value is -0.710. The summed E-state index contributed by atoms with van der Waals surface area (Å²) in [6.07, 6.45) is 4.50. The average molecular weight is 295 g/mol. The fraction of sp³-hybridized carbons (Fsp3) is 0.625. The van der Waals surface area contributed by atoms with Crippen LogP contribution < -0.4 is 10.1 Å². The lowest BCUT2D eigenvalue weighted by molar-refractivity contribution is 0.125. The van der Waals surface area contributed by atoms with E-state index in [1.165, 1.54) is 17.7 Å². The molecule has 0 spiro atoms. The molecule has 0 amide bonds. The van der Waals surface area contributed by atoms with Gasteiger partial charge >= 0.3 is 0 Å². The lowest BCUT2D eigenvalue weighted by Gasteiger charge is -2.40. The second kappa shape index (κ2) is 7.34. The van der Waals surface area contributed by atoms with Gasteiger partial charge in [0.1, 0.15) is 5.75 Å². The third kappa shape index (κ3) is 3.90. The SMILES string of the molecule is CCNC1(CO)CCCC(Sc2cccc(OC)c2)C1. The van der Waals surface area contributed by atoms with Gasteiger partial charge in [-0.2, -0.15) is 0 Å². The van der Waals surface area contributed by atoms with Crippen LogP contribution in [0.5, 0.6) is 5.75 Å². The smallest absolute Gasteiger partial charge is 0.119 e. The molecule has 4 heteroatoms. The van der Waals surface area contributed by atoms with Crippen molar-refractivity contribution in [2.24, 2.45) is 0 Å². The Balaban J connectivity index is 2.01. The predicted molar refractivity (Wildman–Crippen MR) is 84.6 cm³/mol. The molecular weight excluding hydrogens is 270 g/mol. The number of ether oxygens (including phenoxy) is 1. The Morgan fingerprint density at radius 1 is 1.50 bits per heavy atom. The molecule has 1 aromatic rings. The van der Waals surface area contributed by atoms with Gasteiger partial charge < -0.3 is 15.2 Å². The van der Waals surface area contributed by atoms with Gasteiger partial charge in [0.2, 0.25) is 0 Å². The Morgan fingerprint density at radius 3 is 3.05 bits per heavy atom. The Kier molecular flexibility index (Phi) is 5.75. The molecule has 1 aromatic carbocycles. The van der Waals surface area contributed by atoms with E-state index < -0.39 is 0 Å². The molecule has 0 radical (unpaired) electrons.